The largest absolute Gasteiger partial charge is 0.275 e. The first-order valence-electron chi connectivity index (χ1n) is 5.71. The van der Waals surface area contributed by atoms with Gasteiger partial charge in [0.25, 0.3) is 11.8 Å². The van der Waals surface area contributed by atoms with E-state index in [9.17, 15) is 9.59 Å². The molecule has 3 nitrogen and oxygen atoms in total. The van der Waals surface area contributed by atoms with Gasteiger partial charge in [-0.2, -0.15) is 0 Å². The molecule has 3 heteroatoms. The molecule has 0 aromatic rings. The van der Waals surface area contributed by atoms with Gasteiger partial charge in [0.2, 0.25) is 0 Å². The minimum absolute atomic E-state index is 0.115. The van der Waals surface area contributed by atoms with E-state index < -0.39 is 0 Å². The molecule has 0 aromatic carbocycles. The molecule has 84 valence electrons. The topological polar surface area (TPSA) is 37.4 Å². The van der Waals surface area contributed by atoms with Crippen LogP contribution >= 0.6 is 0 Å². The average molecular weight is 209 g/mol. The van der Waals surface area contributed by atoms with Gasteiger partial charge in [-0.25, -0.2) is 0 Å². The summed E-state index contributed by atoms with van der Waals surface area (Å²) >= 11 is 0. The summed E-state index contributed by atoms with van der Waals surface area (Å²) in [5.74, 6) is -0.261. The summed E-state index contributed by atoms with van der Waals surface area (Å²) in [6, 6.07) is 0. The fourth-order valence-corrected chi connectivity index (χ4v) is 1.72. The minimum Gasteiger partial charge on any atom is -0.275 e. The van der Waals surface area contributed by atoms with Gasteiger partial charge >= 0.3 is 0 Å². The van der Waals surface area contributed by atoms with Gasteiger partial charge in [-0.3, -0.25) is 14.5 Å². The lowest BCUT2D eigenvalue weighted by Gasteiger charge is -2.13. The molecule has 0 atom stereocenters. The molecule has 1 aliphatic heterocycles. The molecule has 0 unspecified atom stereocenters. The third kappa shape index (κ3) is 3.18. The van der Waals surface area contributed by atoms with E-state index in [0.717, 1.165) is 12.8 Å². The van der Waals surface area contributed by atoms with Crippen molar-refractivity contribution < 1.29 is 9.59 Å². The van der Waals surface area contributed by atoms with Crippen LogP contribution in [0.5, 0.6) is 0 Å². The Kier molecular flexibility index (Phi) is 4.53. The van der Waals surface area contributed by atoms with Crippen LogP contribution in [-0.4, -0.2) is 23.3 Å². The Morgan fingerprint density at radius 3 is 2.33 bits per heavy atom. The highest BCUT2D eigenvalue weighted by Crippen LogP contribution is 2.13. The van der Waals surface area contributed by atoms with E-state index in [4.69, 9.17) is 0 Å². The Morgan fingerprint density at radius 2 is 1.80 bits per heavy atom. The van der Waals surface area contributed by atoms with Crippen LogP contribution < -0.4 is 0 Å². The van der Waals surface area contributed by atoms with Gasteiger partial charge in [-0.15, -0.1) is 0 Å². The molecule has 0 radical (unpaired) electrons. The van der Waals surface area contributed by atoms with Crippen LogP contribution in [0.3, 0.4) is 0 Å². The Balaban J connectivity index is 2.23. The summed E-state index contributed by atoms with van der Waals surface area (Å²) in [5.41, 5.74) is 0.563. The Hall–Kier alpha value is -1.12. The fraction of sp³-hybridized carbons (Fsp3) is 0.667. The van der Waals surface area contributed by atoms with E-state index in [0.29, 0.717) is 12.1 Å². The monoisotopic (exact) mass is 209 g/mol. The third-order valence-electron chi connectivity index (χ3n) is 2.67. The number of unbranched alkanes of at least 4 members (excludes halogenated alkanes) is 4. The minimum atomic E-state index is -0.145. The van der Waals surface area contributed by atoms with Crippen molar-refractivity contribution in [3.05, 3.63) is 11.6 Å². The van der Waals surface area contributed by atoms with Crippen LogP contribution in [0.25, 0.3) is 0 Å². The molecular weight excluding hydrogens is 190 g/mol. The quantitative estimate of drug-likeness (QED) is 0.497. The van der Waals surface area contributed by atoms with Crippen molar-refractivity contribution in [1.29, 1.82) is 0 Å². The van der Waals surface area contributed by atoms with Crippen LogP contribution in [0.1, 0.15) is 46.0 Å². The predicted octanol–water partition coefficient (Wildman–Crippen LogP) is 2.27. The van der Waals surface area contributed by atoms with Crippen molar-refractivity contribution >= 4 is 11.8 Å². The standard InChI is InChI=1S/C12H19NO2/c1-3-4-5-6-7-8-13-11(14)9-10(2)12(13)15/h9H,3-8H2,1-2H3. The number of carbonyl (C=O) groups is 2. The molecule has 1 rings (SSSR count). The Labute approximate surface area is 91.1 Å². The second-order valence-electron chi connectivity index (χ2n) is 4.04. The van der Waals surface area contributed by atoms with Gasteiger partial charge in [-0.1, -0.05) is 32.6 Å². The Morgan fingerprint density at radius 1 is 1.13 bits per heavy atom. The first-order chi connectivity index (χ1) is 7.16. The van der Waals surface area contributed by atoms with E-state index in [2.05, 4.69) is 6.92 Å². The van der Waals surface area contributed by atoms with Crippen LogP contribution in [-0.2, 0) is 9.59 Å². The molecule has 0 fully saturated rings. The molecular formula is C12H19NO2. The number of rotatable bonds is 6. The highest BCUT2D eigenvalue weighted by atomic mass is 16.2. The molecule has 0 bridgehead atoms. The van der Waals surface area contributed by atoms with Crippen molar-refractivity contribution in [2.75, 3.05) is 6.54 Å². The number of hydrogen-bond acceptors (Lipinski definition) is 2. The van der Waals surface area contributed by atoms with Crippen molar-refractivity contribution in [3.63, 3.8) is 0 Å². The zero-order valence-corrected chi connectivity index (χ0v) is 9.58. The molecule has 1 aliphatic rings. The second kappa shape index (κ2) is 5.69. The lowest BCUT2D eigenvalue weighted by atomic mass is 10.1. The number of nitrogens with zero attached hydrogens (tertiary/aromatic N) is 1. The number of imide groups is 1. The van der Waals surface area contributed by atoms with Crippen LogP contribution in [0.2, 0.25) is 0 Å². The predicted molar refractivity (Wildman–Crippen MR) is 59.2 cm³/mol. The summed E-state index contributed by atoms with van der Waals surface area (Å²) < 4.78 is 0. The molecule has 0 saturated carbocycles. The molecule has 0 aromatic heterocycles. The average Bonchev–Trinajstić information content (AvgIpc) is 2.44. The zero-order valence-electron chi connectivity index (χ0n) is 9.58. The van der Waals surface area contributed by atoms with E-state index in [1.165, 1.54) is 30.2 Å². The highest BCUT2D eigenvalue weighted by molar-refractivity contribution is 6.15. The van der Waals surface area contributed by atoms with Crippen LogP contribution in [0.15, 0.2) is 11.6 Å². The number of amides is 2. The van der Waals surface area contributed by atoms with E-state index in [1.54, 1.807) is 6.92 Å². The molecule has 0 saturated heterocycles. The molecule has 1 heterocycles. The van der Waals surface area contributed by atoms with Crippen molar-refractivity contribution in [2.45, 2.75) is 46.0 Å². The van der Waals surface area contributed by atoms with E-state index >= 15 is 0 Å². The molecule has 15 heavy (non-hydrogen) atoms. The smallest absolute Gasteiger partial charge is 0.256 e. The second-order valence-corrected chi connectivity index (χ2v) is 4.04. The summed E-state index contributed by atoms with van der Waals surface area (Å²) in [5, 5.41) is 0. The highest BCUT2D eigenvalue weighted by Gasteiger charge is 2.27. The summed E-state index contributed by atoms with van der Waals surface area (Å²) in [6.07, 6.45) is 7.09. The van der Waals surface area contributed by atoms with Gasteiger partial charge < -0.3 is 0 Å². The van der Waals surface area contributed by atoms with Gasteiger partial charge in [0.05, 0.1) is 0 Å². The normalized spacial score (nSPS) is 16.1. The van der Waals surface area contributed by atoms with Crippen molar-refractivity contribution in [2.24, 2.45) is 0 Å². The van der Waals surface area contributed by atoms with Gasteiger partial charge in [0.15, 0.2) is 0 Å². The summed E-state index contributed by atoms with van der Waals surface area (Å²) in [4.78, 5) is 24.2. The maximum absolute atomic E-state index is 11.5. The number of hydrogen-bond donors (Lipinski definition) is 0. The number of carbonyl (C=O) groups excluding carboxylic acids is 2. The van der Waals surface area contributed by atoms with Gasteiger partial charge in [0.1, 0.15) is 0 Å². The molecule has 0 spiro atoms. The molecule has 0 aliphatic carbocycles. The first-order valence-corrected chi connectivity index (χ1v) is 5.71. The maximum Gasteiger partial charge on any atom is 0.256 e. The van der Waals surface area contributed by atoms with Crippen LogP contribution in [0.4, 0.5) is 0 Å². The summed E-state index contributed by atoms with van der Waals surface area (Å²) in [6.45, 7) is 4.44. The van der Waals surface area contributed by atoms with E-state index in [1.807, 2.05) is 0 Å². The van der Waals surface area contributed by atoms with Gasteiger partial charge in [-0.05, 0) is 13.3 Å². The van der Waals surface area contributed by atoms with Crippen LogP contribution in [0, 0.1) is 0 Å². The van der Waals surface area contributed by atoms with Crippen molar-refractivity contribution in [1.82, 2.24) is 4.90 Å². The lowest BCUT2D eigenvalue weighted by molar-refractivity contribution is -0.137. The first kappa shape index (κ1) is 12.0. The maximum atomic E-state index is 11.5. The molecule has 2 amide bonds. The Bertz CT molecular complexity index is 281. The fourth-order valence-electron chi connectivity index (χ4n) is 1.72. The molecule has 0 N–H and O–H groups in total. The zero-order chi connectivity index (χ0) is 11.3. The SMILES string of the molecule is CCCCCCCN1C(=O)C=C(C)C1=O. The van der Waals surface area contributed by atoms with E-state index in [-0.39, 0.29) is 11.8 Å². The third-order valence-corrected chi connectivity index (χ3v) is 2.67. The van der Waals surface area contributed by atoms with Crippen molar-refractivity contribution in [3.8, 4) is 0 Å². The lowest BCUT2D eigenvalue weighted by Crippen LogP contribution is -2.31. The summed E-state index contributed by atoms with van der Waals surface area (Å²) in [7, 11) is 0. The van der Waals surface area contributed by atoms with Gasteiger partial charge in [0, 0.05) is 18.2 Å².